The van der Waals surface area contributed by atoms with Crippen LogP contribution in [0.1, 0.15) is 58.1 Å². The fourth-order valence-electron chi connectivity index (χ4n) is 3.22. The normalized spacial score (nSPS) is 22.7. The Morgan fingerprint density at radius 1 is 1.15 bits per heavy atom. The Kier molecular flexibility index (Phi) is 6.06. The fourth-order valence-corrected chi connectivity index (χ4v) is 3.22. The summed E-state index contributed by atoms with van der Waals surface area (Å²) in [5, 5.41) is 3.89. The van der Waals surface area contributed by atoms with Crippen LogP contribution in [0.25, 0.3) is 0 Å². The number of benzene rings is 1. The van der Waals surface area contributed by atoms with Gasteiger partial charge in [-0.05, 0) is 58.2 Å². The van der Waals surface area contributed by atoms with E-state index in [1.165, 1.54) is 37.9 Å². The molecule has 2 unspecified atom stereocenters. The molecule has 2 atom stereocenters. The average molecular weight is 274 g/mol. The minimum Gasteiger partial charge on any atom is -0.307 e. The summed E-state index contributed by atoms with van der Waals surface area (Å²) < 4.78 is 0. The summed E-state index contributed by atoms with van der Waals surface area (Å²) in [5.74, 6) is 0. The standard InChI is InChI=1S/C18H30N2/c1-4-18(16-9-6-5-7-10-16)19-17-11-8-13-20(14-12-17)15(2)3/h5-7,9-10,15,17-19H,4,8,11-14H2,1-3H3. The van der Waals surface area contributed by atoms with Gasteiger partial charge in [0.25, 0.3) is 0 Å². The maximum Gasteiger partial charge on any atom is 0.0320 e. The van der Waals surface area contributed by atoms with Gasteiger partial charge in [0.05, 0.1) is 0 Å². The van der Waals surface area contributed by atoms with Gasteiger partial charge in [-0.15, -0.1) is 0 Å². The Bertz CT molecular complexity index is 374. The van der Waals surface area contributed by atoms with Gasteiger partial charge in [-0.1, -0.05) is 37.3 Å². The minimum absolute atomic E-state index is 0.506. The maximum atomic E-state index is 3.89. The molecular formula is C18H30N2. The minimum atomic E-state index is 0.506. The van der Waals surface area contributed by atoms with E-state index in [2.05, 4.69) is 61.3 Å². The molecule has 2 heteroatoms. The molecule has 0 aromatic heterocycles. The van der Waals surface area contributed by atoms with E-state index in [-0.39, 0.29) is 0 Å². The first-order valence-electron chi connectivity index (χ1n) is 8.25. The van der Waals surface area contributed by atoms with Gasteiger partial charge in [0.15, 0.2) is 0 Å². The number of hydrogen-bond acceptors (Lipinski definition) is 2. The first kappa shape index (κ1) is 15.5. The lowest BCUT2D eigenvalue weighted by Crippen LogP contribution is -2.35. The van der Waals surface area contributed by atoms with Crippen LogP contribution in [0.15, 0.2) is 30.3 Å². The van der Waals surface area contributed by atoms with E-state index in [4.69, 9.17) is 0 Å². The number of likely N-dealkylation sites (tertiary alicyclic amines) is 1. The molecule has 1 aliphatic rings. The van der Waals surface area contributed by atoms with Crippen molar-refractivity contribution in [1.82, 2.24) is 10.2 Å². The Morgan fingerprint density at radius 3 is 2.55 bits per heavy atom. The van der Waals surface area contributed by atoms with E-state index in [9.17, 15) is 0 Å². The lowest BCUT2D eigenvalue weighted by atomic mass is 10.0. The van der Waals surface area contributed by atoms with E-state index < -0.39 is 0 Å². The van der Waals surface area contributed by atoms with Crippen LogP contribution in [0.3, 0.4) is 0 Å². The number of nitrogens with one attached hydrogen (secondary N) is 1. The van der Waals surface area contributed by atoms with Crippen LogP contribution in [0, 0.1) is 0 Å². The van der Waals surface area contributed by atoms with Gasteiger partial charge in [0, 0.05) is 18.1 Å². The lowest BCUT2D eigenvalue weighted by Gasteiger charge is -2.26. The van der Waals surface area contributed by atoms with Gasteiger partial charge in [0.2, 0.25) is 0 Å². The summed E-state index contributed by atoms with van der Waals surface area (Å²) in [6, 6.07) is 12.8. The average Bonchev–Trinajstić information content (AvgIpc) is 2.71. The quantitative estimate of drug-likeness (QED) is 0.873. The molecule has 1 fully saturated rings. The molecule has 0 bridgehead atoms. The van der Waals surface area contributed by atoms with E-state index >= 15 is 0 Å². The van der Waals surface area contributed by atoms with Crippen molar-refractivity contribution in [1.29, 1.82) is 0 Å². The highest BCUT2D eigenvalue weighted by Crippen LogP contribution is 2.20. The highest BCUT2D eigenvalue weighted by Gasteiger charge is 2.20. The molecular weight excluding hydrogens is 244 g/mol. The molecule has 0 radical (unpaired) electrons. The third kappa shape index (κ3) is 4.32. The predicted octanol–water partition coefficient (Wildman–Crippen LogP) is 3.99. The smallest absolute Gasteiger partial charge is 0.0320 e. The van der Waals surface area contributed by atoms with Crippen LogP contribution >= 0.6 is 0 Å². The Balaban J connectivity index is 1.91. The summed E-state index contributed by atoms with van der Waals surface area (Å²) in [7, 11) is 0. The first-order chi connectivity index (χ1) is 9.70. The second-order valence-corrected chi connectivity index (χ2v) is 6.30. The molecule has 112 valence electrons. The summed E-state index contributed by atoms with van der Waals surface area (Å²) in [6.07, 6.45) is 5.07. The Labute approximate surface area is 124 Å². The molecule has 0 amide bonds. The van der Waals surface area contributed by atoms with Gasteiger partial charge in [-0.3, -0.25) is 0 Å². The largest absolute Gasteiger partial charge is 0.307 e. The van der Waals surface area contributed by atoms with Crippen molar-refractivity contribution in [3.8, 4) is 0 Å². The molecule has 1 N–H and O–H groups in total. The third-order valence-electron chi connectivity index (χ3n) is 4.54. The van der Waals surface area contributed by atoms with Crippen LogP contribution < -0.4 is 5.32 Å². The molecule has 1 aromatic carbocycles. The summed E-state index contributed by atoms with van der Waals surface area (Å²) in [5.41, 5.74) is 1.43. The molecule has 1 heterocycles. The van der Waals surface area contributed by atoms with Crippen molar-refractivity contribution < 1.29 is 0 Å². The first-order valence-corrected chi connectivity index (χ1v) is 8.25. The predicted molar refractivity (Wildman–Crippen MR) is 87.0 cm³/mol. The van der Waals surface area contributed by atoms with Crippen LogP contribution in [0.4, 0.5) is 0 Å². The van der Waals surface area contributed by atoms with Crippen molar-refractivity contribution in [2.45, 2.75) is 64.6 Å². The molecule has 0 aliphatic carbocycles. The maximum absolute atomic E-state index is 3.89. The Morgan fingerprint density at radius 2 is 1.90 bits per heavy atom. The number of nitrogens with zero attached hydrogens (tertiary/aromatic N) is 1. The molecule has 0 spiro atoms. The van der Waals surface area contributed by atoms with E-state index in [1.807, 2.05) is 0 Å². The zero-order chi connectivity index (χ0) is 14.4. The SMILES string of the molecule is CCC(NC1CCCN(C(C)C)CC1)c1ccccc1. The van der Waals surface area contributed by atoms with Gasteiger partial charge < -0.3 is 10.2 Å². The molecule has 20 heavy (non-hydrogen) atoms. The fraction of sp³-hybridized carbons (Fsp3) is 0.667. The monoisotopic (exact) mass is 274 g/mol. The van der Waals surface area contributed by atoms with E-state index in [0.29, 0.717) is 18.1 Å². The van der Waals surface area contributed by atoms with E-state index in [0.717, 1.165) is 6.42 Å². The van der Waals surface area contributed by atoms with Crippen molar-refractivity contribution in [2.75, 3.05) is 13.1 Å². The van der Waals surface area contributed by atoms with Crippen molar-refractivity contribution in [2.24, 2.45) is 0 Å². The van der Waals surface area contributed by atoms with Crippen LogP contribution in [-0.4, -0.2) is 30.1 Å². The molecule has 1 aliphatic heterocycles. The van der Waals surface area contributed by atoms with Crippen molar-refractivity contribution in [3.05, 3.63) is 35.9 Å². The highest BCUT2D eigenvalue weighted by atomic mass is 15.1. The molecule has 2 rings (SSSR count). The molecule has 1 aromatic rings. The topological polar surface area (TPSA) is 15.3 Å². The third-order valence-corrected chi connectivity index (χ3v) is 4.54. The van der Waals surface area contributed by atoms with Gasteiger partial charge in [-0.2, -0.15) is 0 Å². The summed E-state index contributed by atoms with van der Waals surface area (Å²) in [4.78, 5) is 2.62. The summed E-state index contributed by atoms with van der Waals surface area (Å²) in [6.45, 7) is 9.40. The van der Waals surface area contributed by atoms with Crippen LogP contribution in [0.5, 0.6) is 0 Å². The zero-order valence-electron chi connectivity index (χ0n) is 13.3. The number of hydrogen-bond donors (Lipinski definition) is 1. The van der Waals surface area contributed by atoms with E-state index in [1.54, 1.807) is 0 Å². The summed E-state index contributed by atoms with van der Waals surface area (Å²) >= 11 is 0. The van der Waals surface area contributed by atoms with Gasteiger partial charge in [-0.25, -0.2) is 0 Å². The van der Waals surface area contributed by atoms with Crippen LogP contribution in [-0.2, 0) is 0 Å². The van der Waals surface area contributed by atoms with Gasteiger partial charge in [0.1, 0.15) is 0 Å². The lowest BCUT2D eigenvalue weighted by molar-refractivity contribution is 0.228. The Hall–Kier alpha value is -0.860. The number of rotatable bonds is 5. The molecule has 2 nitrogen and oxygen atoms in total. The second-order valence-electron chi connectivity index (χ2n) is 6.30. The second kappa shape index (κ2) is 7.80. The molecule has 0 saturated carbocycles. The highest BCUT2D eigenvalue weighted by molar-refractivity contribution is 5.18. The van der Waals surface area contributed by atoms with Crippen molar-refractivity contribution in [3.63, 3.8) is 0 Å². The van der Waals surface area contributed by atoms with Crippen LogP contribution in [0.2, 0.25) is 0 Å². The van der Waals surface area contributed by atoms with Crippen molar-refractivity contribution >= 4 is 0 Å². The van der Waals surface area contributed by atoms with Gasteiger partial charge >= 0.3 is 0 Å². The zero-order valence-corrected chi connectivity index (χ0v) is 13.3. The molecule has 1 saturated heterocycles.